The van der Waals surface area contributed by atoms with E-state index in [4.69, 9.17) is 9.31 Å². The highest BCUT2D eigenvalue weighted by Gasteiger charge is 2.50. The van der Waals surface area contributed by atoms with Crippen LogP contribution in [0.4, 0.5) is 0 Å². The Labute approximate surface area is 94.9 Å². The van der Waals surface area contributed by atoms with Crippen molar-refractivity contribution >= 4 is 15.2 Å². The molecule has 0 spiro atoms. The van der Waals surface area contributed by atoms with Gasteiger partial charge in [0.15, 0.2) is 0 Å². The van der Waals surface area contributed by atoms with Crippen LogP contribution in [0.5, 0.6) is 0 Å². The summed E-state index contributed by atoms with van der Waals surface area (Å²) in [5.74, 6) is 3.10. The Hall–Kier alpha value is -0.238. The molecule has 0 amide bonds. The highest BCUT2D eigenvalue weighted by molar-refractivity contribution is 6.84. The zero-order valence-electron chi connectivity index (χ0n) is 10.9. The molecule has 2 nitrogen and oxygen atoms in total. The molecular weight excluding hydrogens is 203 g/mol. The topological polar surface area (TPSA) is 18.5 Å². The molecule has 0 N–H and O–H groups in total. The zero-order chi connectivity index (χ0) is 11.9. The summed E-state index contributed by atoms with van der Waals surface area (Å²) in [5, 5.41) is 0. The second kappa shape index (κ2) is 3.66. The number of hydrogen-bond acceptors (Lipinski definition) is 2. The number of hydrogen-bond donors (Lipinski definition) is 0. The molecule has 4 heteroatoms. The standard InChI is InChI=1S/C11H21BO2Si/c1-10(2)11(3,4)14-12(13-10)8-9-15(5,6)7/h1-7H3. The minimum Gasteiger partial charge on any atom is -0.392 e. The molecule has 1 aliphatic heterocycles. The Balaban J connectivity index is 2.75. The van der Waals surface area contributed by atoms with E-state index in [1.165, 1.54) is 0 Å². The molecule has 0 saturated carbocycles. The van der Waals surface area contributed by atoms with Crippen LogP contribution in [0.3, 0.4) is 0 Å². The Morgan fingerprint density at radius 2 is 1.33 bits per heavy atom. The van der Waals surface area contributed by atoms with Crippen LogP contribution in [-0.2, 0) is 9.31 Å². The van der Waals surface area contributed by atoms with Crippen LogP contribution < -0.4 is 0 Å². The van der Waals surface area contributed by atoms with Gasteiger partial charge in [0.05, 0.1) is 11.2 Å². The van der Waals surface area contributed by atoms with Gasteiger partial charge < -0.3 is 9.31 Å². The molecular formula is C11H21BO2Si. The molecule has 1 saturated heterocycles. The Kier molecular flexibility index (Phi) is 3.13. The highest BCUT2D eigenvalue weighted by atomic mass is 28.3. The van der Waals surface area contributed by atoms with Crippen molar-refractivity contribution < 1.29 is 9.31 Å². The van der Waals surface area contributed by atoms with Crippen molar-refractivity contribution in [2.24, 2.45) is 0 Å². The summed E-state index contributed by atoms with van der Waals surface area (Å²) in [7, 11) is -1.70. The summed E-state index contributed by atoms with van der Waals surface area (Å²) >= 11 is 0. The summed E-state index contributed by atoms with van der Waals surface area (Å²) in [6.07, 6.45) is 0. The quantitative estimate of drug-likeness (QED) is 0.465. The third-order valence-corrected chi connectivity index (χ3v) is 3.71. The molecule has 0 bridgehead atoms. The van der Waals surface area contributed by atoms with Crippen LogP contribution in [0.1, 0.15) is 27.7 Å². The van der Waals surface area contributed by atoms with Crippen LogP contribution in [0.15, 0.2) is 0 Å². The van der Waals surface area contributed by atoms with Gasteiger partial charge in [0.1, 0.15) is 8.07 Å². The maximum Gasteiger partial charge on any atom is 0.550 e. The molecule has 1 rings (SSSR count). The normalized spacial score (nSPS) is 23.5. The van der Waals surface area contributed by atoms with Crippen molar-refractivity contribution in [3.63, 3.8) is 0 Å². The van der Waals surface area contributed by atoms with Crippen LogP contribution in [0.25, 0.3) is 0 Å². The predicted molar refractivity (Wildman–Crippen MR) is 67.2 cm³/mol. The summed E-state index contributed by atoms with van der Waals surface area (Å²) < 4.78 is 11.6. The van der Waals surface area contributed by atoms with E-state index in [0.29, 0.717) is 0 Å². The van der Waals surface area contributed by atoms with Gasteiger partial charge in [0, 0.05) is 0 Å². The van der Waals surface area contributed by atoms with Crippen molar-refractivity contribution in [2.75, 3.05) is 0 Å². The zero-order valence-corrected chi connectivity index (χ0v) is 11.9. The molecule has 15 heavy (non-hydrogen) atoms. The maximum absolute atomic E-state index is 5.79. The highest BCUT2D eigenvalue weighted by Crippen LogP contribution is 2.36. The molecule has 1 heterocycles. The Morgan fingerprint density at radius 1 is 0.933 bits per heavy atom. The molecule has 0 aromatic rings. The Bertz CT molecular complexity index is 291. The van der Waals surface area contributed by atoms with Gasteiger partial charge in [-0.2, -0.15) is 0 Å². The molecule has 0 aliphatic carbocycles. The van der Waals surface area contributed by atoms with E-state index in [9.17, 15) is 0 Å². The predicted octanol–water partition coefficient (Wildman–Crippen LogP) is 2.50. The molecule has 0 aromatic heterocycles. The van der Waals surface area contributed by atoms with Gasteiger partial charge in [-0.15, -0.1) is 5.54 Å². The van der Waals surface area contributed by atoms with E-state index < -0.39 is 8.07 Å². The second-order valence-electron chi connectivity index (χ2n) is 6.11. The fourth-order valence-electron chi connectivity index (χ4n) is 1.18. The monoisotopic (exact) mass is 224 g/mol. The van der Waals surface area contributed by atoms with E-state index in [2.05, 4.69) is 31.0 Å². The van der Waals surface area contributed by atoms with Crippen molar-refractivity contribution in [1.82, 2.24) is 0 Å². The van der Waals surface area contributed by atoms with Crippen LogP contribution in [0.2, 0.25) is 19.6 Å². The summed E-state index contributed by atoms with van der Waals surface area (Å²) in [6, 6.07) is 0. The first kappa shape index (κ1) is 12.8. The molecule has 0 unspecified atom stereocenters. The van der Waals surface area contributed by atoms with Gasteiger partial charge in [-0.1, -0.05) is 25.5 Å². The molecule has 84 valence electrons. The lowest BCUT2D eigenvalue weighted by Crippen LogP contribution is -2.41. The third-order valence-electron chi connectivity index (χ3n) is 2.82. The first-order chi connectivity index (χ1) is 6.54. The minimum atomic E-state index is -1.34. The van der Waals surface area contributed by atoms with Crippen molar-refractivity contribution in [3.8, 4) is 11.4 Å². The van der Waals surface area contributed by atoms with Gasteiger partial charge in [-0.05, 0) is 27.7 Å². The lowest BCUT2D eigenvalue weighted by Gasteiger charge is -2.32. The molecule has 1 aliphatic rings. The minimum absolute atomic E-state index is 0.272. The van der Waals surface area contributed by atoms with Gasteiger partial charge in [0.25, 0.3) is 0 Å². The Morgan fingerprint density at radius 3 is 1.67 bits per heavy atom. The van der Waals surface area contributed by atoms with Crippen LogP contribution >= 0.6 is 0 Å². The van der Waals surface area contributed by atoms with E-state index in [1.807, 2.05) is 27.7 Å². The maximum atomic E-state index is 5.79. The lowest BCUT2D eigenvalue weighted by molar-refractivity contribution is 0.00578. The van der Waals surface area contributed by atoms with E-state index in [-0.39, 0.29) is 18.3 Å². The fraction of sp³-hybridized carbons (Fsp3) is 0.818. The largest absolute Gasteiger partial charge is 0.550 e. The lowest BCUT2D eigenvalue weighted by atomic mass is 9.90. The summed E-state index contributed by atoms with van der Waals surface area (Å²) in [4.78, 5) is 0. The van der Waals surface area contributed by atoms with Crippen molar-refractivity contribution in [3.05, 3.63) is 0 Å². The van der Waals surface area contributed by atoms with Gasteiger partial charge in [-0.3, -0.25) is 0 Å². The first-order valence-corrected chi connectivity index (χ1v) is 8.92. The average Bonchev–Trinajstić information content (AvgIpc) is 2.16. The molecule has 1 fully saturated rings. The third kappa shape index (κ3) is 3.10. The second-order valence-corrected chi connectivity index (χ2v) is 10.9. The van der Waals surface area contributed by atoms with E-state index >= 15 is 0 Å². The van der Waals surface area contributed by atoms with Crippen LogP contribution in [-0.4, -0.2) is 26.4 Å². The summed E-state index contributed by atoms with van der Waals surface area (Å²) in [5.41, 5.74) is 2.73. The van der Waals surface area contributed by atoms with E-state index in [1.54, 1.807) is 0 Å². The molecule has 0 atom stereocenters. The average molecular weight is 224 g/mol. The first-order valence-electron chi connectivity index (χ1n) is 5.42. The van der Waals surface area contributed by atoms with Crippen molar-refractivity contribution in [1.29, 1.82) is 0 Å². The van der Waals surface area contributed by atoms with Crippen LogP contribution in [0, 0.1) is 11.4 Å². The van der Waals surface area contributed by atoms with Gasteiger partial charge >= 0.3 is 7.12 Å². The van der Waals surface area contributed by atoms with Gasteiger partial charge in [-0.25, -0.2) is 0 Å². The van der Waals surface area contributed by atoms with E-state index in [0.717, 1.165) is 0 Å². The summed E-state index contributed by atoms with van der Waals surface area (Å²) in [6.45, 7) is 14.8. The smallest absolute Gasteiger partial charge is 0.392 e. The van der Waals surface area contributed by atoms with Crippen molar-refractivity contribution in [2.45, 2.75) is 58.5 Å². The molecule has 0 radical (unpaired) electrons. The fourth-order valence-corrected chi connectivity index (χ4v) is 1.73. The number of rotatable bonds is 0. The molecule has 0 aromatic carbocycles. The van der Waals surface area contributed by atoms with Gasteiger partial charge in [0.2, 0.25) is 0 Å². The SMILES string of the molecule is CC1(C)OB(C#C[Si](C)(C)C)OC1(C)C.